The van der Waals surface area contributed by atoms with Gasteiger partial charge in [-0.25, -0.2) is 10.4 Å². The van der Waals surface area contributed by atoms with Crippen LogP contribution in [-0.4, -0.2) is 21.7 Å². The lowest BCUT2D eigenvalue weighted by Gasteiger charge is -2.12. The van der Waals surface area contributed by atoms with Crippen molar-refractivity contribution in [2.45, 2.75) is 20.5 Å². The summed E-state index contributed by atoms with van der Waals surface area (Å²) >= 11 is 6.25. The molecule has 4 aromatic carbocycles. The second-order valence-electron chi connectivity index (χ2n) is 10.2. The minimum atomic E-state index is -0.298. The van der Waals surface area contributed by atoms with Crippen LogP contribution in [0.15, 0.2) is 120 Å². The molecule has 0 fully saturated rings. The van der Waals surface area contributed by atoms with Crippen molar-refractivity contribution in [1.29, 1.82) is 0 Å². The number of nitrogens with one attached hydrogen (secondary N) is 1. The van der Waals surface area contributed by atoms with Crippen LogP contribution in [0.1, 0.15) is 32.9 Å². The number of hydrazone groups is 1. The minimum Gasteiger partial charge on any atom is -0.489 e. The Hall–Kier alpha value is -5.20. The first kappa shape index (κ1) is 27.9. The van der Waals surface area contributed by atoms with Gasteiger partial charge in [0.25, 0.3) is 5.91 Å². The van der Waals surface area contributed by atoms with Gasteiger partial charge in [0.1, 0.15) is 12.4 Å². The van der Waals surface area contributed by atoms with Gasteiger partial charge in [0.05, 0.1) is 23.0 Å². The number of amides is 1. The van der Waals surface area contributed by atoms with E-state index < -0.39 is 0 Å². The third kappa shape index (κ3) is 6.05. The van der Waals surface area contributed by atoms with E-state index in [-0.39, 0.29) is 5.91 Å². The third-order valence-corrected chi connectivity index (χ3v) is 7.69. The van der Waals surface area contributed by atoms with Gasteiger partial charge >= 0.3 is 0 Å². The Bertz CT molecular complexity index is 1950. The first-order valence-electron chi connectivity index (χ1n) is 13.9. The summed E-state index contributed by atoms with van der Waals surface area (Å²) in [6.07, 6.45) is 1.68. The van der Waals surface area contributed by atoms with Crippen LogP contribution in [0, 0.1) is 13.8 Å². The van der Waals surface area contributed by atoms with Crippen molar-refractivity contribution < 1.29 is 9.53 Å². The largest absolute Gasteiger partial charge is 0.489 e. The second kappa shape index (κ2) is 12.3. The first-order valence-corrected chi connectivity index (χ1v) is 14.3. The van der Waals surface area contributed by atoms with Gasteiger partial charge in [-0.15, -0.1) is 0 Å². The summed E-state index contributed by atoms with van der Waals surface area (Å²) in [5.74, 6) is 0.461. The molecule has 6 aromatic rings. The number of carbonyl (C=O) groups is 1. The lowest BCUT2D eigenvalue weighted by atomic mass is 10.0. The molecule has 0 saturated heterocycles. The highest BCUT2D eigenvalue weighted by atomic mass is 35.5. The fraction of sp³-hybridized carbons (Fsp3) is 0.0833. The summed E-state index contributed by atoms with van der Waals surface area (Å²) in [4.78, 5) is 18.1. The summed E-state index contributed by atoms with van der Waals surface area (Å²) in [5.41, 5.74) is 10.6. The Balaban J connectivity index is 1.18. The Labute approximate surface area is 255 Å². The maximum absolute atomic E-state index is 13.3. The van der Waals surface area contributed by atoms with E-state index in [0.717, 1.165) is 56.1 Å². The molecule has 0 aliphatic carbocycles. The van der Waals surface area contributed by atoms with Crippen molar-refractivity contribution in [3.05, 3.63) is 148 Å². The number of pyridine rings is 1. The predicted octanol–water partition coefficient (Wildman–Crippen LogP) is 8.31. The third-order valence-electron chi connectivity index (χ3n) is 7.32. The highest BCUT2D eigenvalue weighted by molar-refractivity contribution is 6.31. The van der Waals surface area contributed by atoms with Crippen molar-refractivity contribution in [2.24, 2.45) is 5.10 Å². The molecule has 1 amide bonds. The second-order valence-corrected chi connectivity index (χ2v) is 10.6. The Kier molecular flexibility index (Phi) is 8.03. The molecule has 0 bridgehead atoms. The van der Waals surface area contributed by atoms with Gasteiger partial charge in [-0.1, -0.05) is 78.3 Å². The van der Waals surface area contributed by atoms with Crippen molar-refractivity contribution in [1.82, 2.24) is 15.0 Å². The summed E-state index contributed by atoms with van der Waals surface area (Å²) in [6, 6.07) is 36.9. The molecule has 2 heterocycles. The number of fused-ring (bicyclic) bond motifs is 1. The van der Waals surface area contributed by atoms with E-state index in [0.29, 0.717) is 17.2 Å². The molecule has 6 nitrogen and oxygen atoms in total. The van der Waals surface area contributed by atoms with Gasteiger partial charge in [0.15, 0.2) is 0 Å². The number of hydrogen-bond donors (Lipinski definition) is 1. The number of ether oxygens (including phenoxy) is 1. The van der Waals surface area contributed by atoms with Crippen molar-refractivity contribution in [3.8, 4) is 22.7 Å². The Morgan fingerprint density at radius 1 is 0.907 bits per heavy atom. The quantitative estimate of drug-likeness (QED) is 0.144. The predicted molar refractivity (Wildman–Crippen MR) is 173 cm³/mol. The van der Waals surface area contributed by atoms with Crippen LogP contribution < -0.4 is 10.2 Å². The molecule has 0 saturated carbocycles. The zero-order chi connectivity index (χ0) is 29.8. The van der Waals surface area contributed by atoms with E-state index >= 15 is 0 Å². The molecule has 0 unspecified atom stereocenters. The molecule has 0 aliphatic rings. The number of carbonyl (C=O) groups excluding carboxylic acids is 1. The average Bonchev–Trinajstić information content (AvgIpc) is 3.32. The van der Waals surface area contributed by atoms with Gasteiger partial charge in [-0.2, -0.15) is 5.10 Å². The molecule has 0 aliphatic heterocycles. The van der Waals surface area contributed by atoms with Crippen molar-refractivity contribution in [3.63, 3.8) is 0 Å². The Morgan fingerprint density at radius 3 is 2.42 bits per heavy atom. The van der Waals surface area contributed by atoms with E-state index in [9.17, 15) is 4.79 Å². The average molecular weight is 585 g/mol. The maximum Gasteiger partial charge on any atom is 0.272 e. The monoisotopic (exact) mass is 584 g/mol. The van der Waals surface area contributed by atoms with Crippen LogP contribution in [0.5, 0.6) is 5.75 Å². The molecule has 2 aromatic heterocycles. The highest BCUT2D eigenvalue weighted by Crippen LogP contribution is 2.26. The van der Waals surface area contributed by atoms with Gasteiger partial charge in [-0.3, -0.25) is 4.79 Å². The molecule has 1 N–H and O–H groups in total. The van der Waals surface area contributed by atoms with E-state index in [2.05, 4.69) is 15.1 Å². The number of nitrogens with zero attached hydrogens (tertiary/aromatic N) is 3. The highest BCUT2D eigenvalue weighted by Gasteiger charge is 2.14. The minimum absolute atomic E-state index is 0.298. The molecule has 0 atom stereocenters. The van der Waals surface area contributed by atoms with E-state index in [1.165, 1.54) is 0 Å². The number of para-hydroxylation sites is 1. The molecule has 7 heteroatoms. The van der Waals surface area contributed by atoms with Crippen molar-refractivity contribution in [2.75, 3.05) is 0 Å². The normalized spacial score (nSPS) is 11.2. The lowest BCUT2D eigenvalue weighted by Crippen LogP contribution is -2.18. The number of rotatable bonds is 8. The van der Waals surface area contributed by atoms with Crippen LogP contribution in [-0.2, 0) is 6.61 Å². The number of benzene rings is 4. The SMILES string of the molecule is Cc1cc(/C=N\NC(=O)c2cc(-c3ccccc3)nc3ccccc23)c(C)n1-c1ccc(OCc2ccccc2Cl)cc1. The molecule has 0 spiro atoms. The van der Waals surface area contributed by atoms with Crippen LogP contribution in [0.25, 0.3) is 27.8 Å². The smallest absolute Gasteiger partial charge is 0.272 e. The van der Waals surface area contributed by atoms with Gasteiger partial charge in [0.2, 0.25) is 0 Å². The number of aryl methyl sites for hydroxylation is 1. The Morgan fingerprint density at radius 2 is 1.63 bits per heavy atom. The van der Waals surface area contributed by atoms with Crippen molar-refractivity contribution >= 4 is 34.6 Å². The zero-order valence-electron chi connectivity index (χ0n) is 23.8. The van der Waals surface area contributed by atoms with Crippen LogP contribution >= 0.6 is 11.6 Å². The van der Waals surface area contributed by atoms with Crippen LogP contribution in [0.3, 0.4) is 0 Å². The van der Waals surface area contributed by atoms with Gasteiger partial charge in [-0.05, 0) is 62.4 Å². The molecule has 43 heavy (non-hydrogen) atoms. The fourth-order valence-corrected chi connectivity index (χ4v) is 5.31. The molecule has 0 radical (unpaired) electrons. The number of hydrogen-bond acceptors (Lipinski definition) is 4. The zero-order valence-corrected chi connectivity index (χ0v) is 24.5. The molecule has 212 valence electrons. The number of aromatic nitrogens is 2. The van der Waals surface area contributed by atoms with Gasteiger partial charge < -0.3 is 9.30 Å². The summed E-state index contributed by atoms with van der Waals surface area (Å²) < 4.78 is 8.08. The lowest BCUT2D eigenvalue weighted by molar-refractivity contribution is 0.0956. The first-order chi connectivity index (χ1) is 21.0. The van der Waals surface area contributed by atoms with Crippen LogP contribution in [0.4, 0.5) is 0 Å². The topological polar surface area (TPSA) is 68.5 Å². The maximum atomic E-state index is 13.3. The fourth-order valence-electron chi connectivity index (χ4n) is 5.12. The summed E-state index contributed by atoms with van der Waals surface area (Å²) in [7, 11) is 0. The molecular formula is C36H29ClN4O2. The van der Waals surface area contributed by atoms with Crippen LogP contribution in [0.2, 0.25) is 5.02 Å². The summed E-state index contributed by atoms with van der Waals surface area (Å²) in [6.45, 7) is 4.47. The molecule has 6 rings (SSSR count). The van der Waals surface area contributed by atoms with E-state index in [1.54, 1.807) is 6.21 Å². The number of halogens is 1. The van der Waals surface area contributed by atoms with Gasteiger partial charge in [0, 0.05) is 44.2 Å². The summed E-state index contributed by atoms with van der Waals surface area (Å²) in [5, 5.41) is 5.78. The van der Waals surface area contributed by atoms with E-state index in [1.807, 2.05) is 129 Å². The standard InChI is InChI=1S/C36H29ClN4O2/c1-24-20-28(25(2)41(24)29-16-18-30(19-17-29)43-23-27-12-6-8-14-33(27)37)22-38-40-36(42)32-21-35(26-10-4-3-5-11-26)39-34-15-9-7-13-31(32)34/h3-22H,23H2,1-2H3,(H,40,42)/b38-22-. The molecular weight excluding hydrogens is 556 g/mol. The van der Waals surface area contributed by atoms with E-state index in [4.69, 9.17) is 21.3 Å².